The molecule has 142 valence electrons. The van der Waals surface area contributed by atoms with Gasteiger partial charge in [-0.1, -0.05) is 11.6 Å². The van der Waals surface area contributed by atoms with E-state index in [-0.39, 0.29) is 16.8 Å². The molecule has 3 rings (SSSR count). The maximum Gasteiger partial charge on any atom is 0.257 e. The van der Waals surface area contributed by atoms with E-state index < -0.39 is 5.82 Å². The minimum Gasteiger partial charge on any atom is -0.340 e. The van der Waals surface area contributed by atoms with E-state index in [1.54, 1.807) is 36.4 Å². The molecule has 6 nitrogen and oxygen atoms in total. The van der Waals surface area contributed by atoms with Gasteiger partial charge < -0.3 is 16.0 Å². The lowest BCUT2D eigenvalue weighted by Gasteiger charge is -2.09. The Kier molecular flexibility index (Phi) is 5.86. The summed E-state index contributed by atoms with van der Waals surface area (Å²) >= 11 is 5.71. The highest BCUT2D eigenvalue weighted by Gasteiger charge is 2.09. The van der Waals surface area contributed by atoms with Gasteiger partial charge in [-0.3, -0.25) is 9.59 Å². The van der Waals surface area contributed by atoms with Crippen molar-refractivity contribution in [2.24, 2.45) is 0 Å². The Morgan fingerprint density at radius 2 is 1.61 bits per heavy atom. The first-order valence-electron chi connectivity index (χ1n) is 8.28. The van der Waals surface area contributed by atoms with Gasteiger partial charge in [0.2, 0.25) is 5.91 Å². The Labute approximate surface area is 165 Å². The minimum absolute atomic E-state index is 0.0694. The van der Waals surface area contributed by atoms with Crippen molar-refractivity contribution in [3.63, 3.8) is 0 Å². The van der Waals surface area contributed by atoms with Crippen molar-refractivity contribution >= 4 is 46.3 Å². The molecule has 3 aromatic rings. The van der Waals surface area contributed by atoms with Crippen LogP contribution in [0, 0.1) is 5.82 Å². The molecule has 1 aromatic heterocycles. The second kappa shape index (κ2) is 8.49. The number of halogens is 2. The fraction of sp³-hybridized carbons (Fsp3) is 0.0500. The van der Waals surface area contributed by atoms with Gasteiger partial charge in [-0.25, -0.2) is 9.37 Å². The third-order valence-electron chi connectivity index (χ3n) is 3.68. The predicted molar refractivity (Wildman–Crippen MR) is 108 cm³/mol. The topological polar surface area (TPSA) is 83.1 Å². The lowest BCUT2D eigenvalue weighted by Crippen LogP contribution is -2.12. The number of amides is 2. The number of nitrogens with zero attached hydrogens (tertiary/aromatic N) is 1. The van der Waals surface area contributed by atoms with Crippen LogP contribution in [0.1, 0.15) is 17.3 Å². The number of nitrogens with one attached hydrogen (secondary N) is 3. The van der Waals surface area contributed by atoms with Gasteiger partial charge in [0.25, 0.3) is 5.91 Å². The van der Waals surface area contributed by atoms with E-state index >= 15 is 0 Å². The average Bonchev–Trinajstić information content (AvgIpc) is 2.66. The number of carbonyl (C=O) groups excluding carboxylic acids is 2. The van der Waals surface area contributed by atoms with Crippen LogP contribution >= 0.6 is 11.6 Å². The number of anilines is 4. The molecule has 1 heterocycles. The van der Waals surface area contributed by atoms with Crippen LogP contribution in [0.2, 0.25) is 5.02 Å². The quantitative estimate of drug-likeness (QED) is 0.575. The zero-order valence-corrected chi connectivity index (χ0v) is 15.5. The summed E-state index contributed by atoms with van der Waals surface area (Å²) in [6, 6.07) is 14.3. The second-order valence-electron chi connectivity index (χ2n) is 5.90. The van der Waals surface area contributed by atoms with Crippen molar-refractivity contribution in [2.75, 3.05) is 16.0 Å². The first-order valence-corrected chi connectivity index (χ1v) is 8.65. The number of aromatic nitrogens is 1. The standard InChI is InChI=1S/C20H16ClFN4O2/c1-12(27)24-14-3-5-15(6-4-14)25-19-9-2-13(11-23-19)20(28)26-16-7-8-18(22)17(21)10-16/h2-11H,1H3,(H,23,25)(H,24,27)(H,26,28). The summed E-state index contributed by atoms with van der Waals surface area (Å²) in [6.45, 7) is 1.44. The molecule has 0 aliphatic rings. The molecule has 0 aliphatic heterocycles. The Balaban J connectivity index is 1.63. The predicted octanol–water partition coefficient (Wildman–Crippen LogP) is 4.83. The third-order valence-corrected chi connectivity index (χ3v) is 3.97. The van der Waals surface area contributed by atoms with Crippen molar-refractivity contribution in [3.8, 4) is 0 Å². The molecule has 0 aliphatic carbocycles. The maximum absolute atomic E-state index is 13.2. The van der Waals surface area contributed by atoms with Gasteiger partial charge in [-0.05, 0) is 54.6 Å². The van der Waals surface area contributed by atoms with E-state index in [9.17, 15) is 14.0 Å². The molecule has 0 spiro atoms. The summed E-state index contributed by atoms with van der Waals surface area (Å²) in [5.74, 6) is -0.531. The lowest BCUT2D eigenvalue weighted by molar-refractivity contribution is -0.114. The SMILES string of the molecule is CC(=O)Nc1ccc(Nc2ccc(C(=O)Nc3ccc(F)c(Cl)c3)cn2)cc1. The van der Waals surface area contributed by atoms with E-state index in [0.29, 0.717) is 22.8 Å². The van der Waals surface area contributed by atoms with E-state index in [2.05, 4.69) is 20.9 Å². The number of rotatable bonds is 5. The Morgan fingerprint density at radius 1 is 0.929 bits per heavy atom. The highest BCUT2D eigenvalue weighted by Crippen LogP contribution is 2.21. The molecule has 8 heteroatoms. The summed E-state index contributed by atoms with van der Waals surface area (Å²) in [6.07, 6.45) is 1.43. The molecule has 0 saturated heterocycles. The smallest absolute Gasteiger partial charge is 0.257 e. The lowest BCUT2D eigenvalue weighted by atomic mass is 10.2. The normalized spacial score (nSPS) is 10.2. The molecule has 0 radical (unpaired) electrons. The van der Waals surface area contributed by atoms with Crippen LogP contribution in [0.15, 0.2) is 60.8 Å². The summed E-state index contributed by atoms with van der Waals surface area (Å²) in [5, 5.41) is 8.35. The molecule has 0 atom stereocenters. The fourth-order valence-electron chi connectivity index (χ4n) is 2.37. The van der Waals surface area contributed by atoms with E-state index in [4.69, 9.17) is 11.6 Å². The second-order valence-corrected chi connectivity index (χ2v) is 6.31. The Hall–Kier alpha value is -3.45. The van der Waals surface area contributed by atoms with Crippen molar-refractivity contribution < 1.29 is 14.0 Å². The van der Waals surface area contributed by atoms with Gasteiger partial charge in [0, 0.05) is 30.2 Å². The number of hydrogen-bond donors (Lipinski definition) is 3. The van der Waals surface area contributed by atoms with Gasteiger partial charge in [0.15, 0.2) is 0 Å². The van der Waals surface area contributed by atoms with Crippen molar-refractivity contribution in [1.82, 2.24) is 4.98 Å². The van der Waals surface area contributed by atoms with E-state index in [1.807, 2.05) is 0 Å². The molecule has 3 N–H and O–H groups in total. The monoisotopic (exact) mass is 398 g/mol. The average molecular weight is 399 g/mol. The van der Waals surface area contributed by atoms with Crippen LogP contribution in [-0.4, -0.2) is 16.8 Å². The first kappa shape index (κ1) is 19.3. The summed E-state index contributed by atoms with van der Waals surface area (Å²) in [4.78, 5) is 27.5. The van der Waals surface area contributed by atoms with Crippen molar-refractivity contribution in [3.05, 3.63) is 77.2 Å². The van der Waals surface area contributed by atoms with Gasteiger partial charge in [0.05, 0.1) is 10.6 Å². The highest BCUT2D eigenvalue weighted by molar-refractivity contribution is 6.31. The molecule has 0 fully saturated rings. The molecular formula is C20H16ClFN4O2. The number of pyridine rings is 1. The van der Waals surface area contributed by atoms with E-state index in [0.717, 1.165) is 5.69 Å². The molecule has 28 heavy (non-hydrogen) atoms. The highest BCUT2D eigenvalue weighted by atomic mass is 35.5. The van der Waals surface area contributed by atoms with Crippen molar-refractivity contribution in [1.29, 1.82) is 0 Å². The fourth-order valence-corrected chi connectivity index (χ4v) is 2.55. The Bertz CT molecular complexity index is 1010. The van der Waals surface area contributed by atoms with Crippen LogP contribution in [0.5, 0.6) is 0 Å². The zero-order chi connectivity index (χ0) is 20.1. The number of hydrogen-bond acceptors (Lipinski definition) is 4. The third kappa shape index (κ3) is 5.05. The van der Waals surface area contributed by atoms with Crippen molar-refractivity contribution in [2.45, 2.75) is 6.92 Å². The van der Waals surface area contributed by atoms with Crippen LogP contribution in [0.3, 0.4) is 0 Å². The number of benzene rings is 2. The van der Waals surface area contributed by atoms with E-state index in [1.165, 1.54) is 31.3 Å². The Morgan fingerprint density at radius 3 is 2.21 bits per heavy atom. The molecule has 2 aromatic carbocycles. The van der Waals surface area contributed by atoms with Crippen LogP contribution < -0.4 is 16.0 Å². The molecule has 0 saturated carbocycles. The summed E-state index contributed by atoms with van der Waals surface area (Å²) in [5.41, 5.74) is 2.20. The largest absolute Gasteiger partial charge is 0.340 e. The van der Waals surface area contributed by atoms with Gasteiger partial charge in [-0.15, -0.1) is 0 Å². The van der Waals surface area contributed by atoms with Crippen LogP contribution in [0.4, 0.5) is 27.3 Å². The van der Waals surface area contributed by atoms with Crippen LogP contribution in [-0.2, 0) is 4.79 Å². The van der Waals surface area contributed by atoms with Gasteiger partial charge in [0.1, 0.15) is 11.6 Å². The minimum atomic E-state index is -0.554. The van der Waals surface area contributed by atoms with Gasteiger partial charge >= 0.3 is 0 Å². The van der Waals surface area contributed by atoms with Crippen LogP contribution in [0.25, 0.3) is 0 Å². The zero-order valence-electron chi connectivity index (χ0n) is 14.8. The maximum atomic E-state index is 13.2. The molecular weight excluding hydrogens is 383 g/mol. The summed E-state index contributed by atoms with van der Waals surface area (Å²) in [7, 11) is 0. The molecule has 2 amide bonds. The summed E-state index contributed by atoms with van der Waals surface area (Å²) < 4.78 is 13.2. The number of carbonyl (C=O) groups is 2. The first-order chi connectivity index (χ1) is 13.4. The molecule has 0 unspecified atom stereocenters. The molecule has 0 bridgehead atoms. The van der Waals surface area contributed by atoms with Gasteiger partial charge in [-0.2, -0.15) is 0 Å².